The predicted molar refractivity (Wildman–Crippen MR) is 105 cm³/mol. The number of hydrogen-bond acceptors (Lipinski definition) is 4. The number of halogens is 1. The number of methoxy groups -OCH3 is 1. The van der Waals surface area contributed by atoms with Crippen molar-refractivity contribution < 1.29 is 13.9 Å². The molecule has 4 rings (SSSR count). The van der Waals surface area contributed by atoms with Crippen molar-refractivity contribution in [2.75, 3.05) is 20.2 Å². The molecule has 0 aliphatic carbocycles. The van der Waals surface area contributed by atoms with Gasteiger partial charge in [-0.25, -0.2) is 4.39 Å². The van der Waals surface area contributed by atoms with Crippen molar-refractivity contribution in [3.05, 3.63) is 77.4 Å². The molecule has 2 heterocycles. The lowest BCUT2D eigenvalue weighted by atomic mass is 10.1. The zero-order valence-corrected chi connectivity index (χ0v) is 15.9. The smallest absolute Gasteiger partial charge is 0.161 e. The maximum atomic E-state index is 13.1. The van der Waals surface area contributed by atoms with E-state index in [0.29, 0.717) is 18.3 Å². The molecule has 1 saturated heterocycles. The number of nitrogens with zero attached hydrogens (tertiary/aromatic N) is 2. The van der Waals surface area contributed by atoms with Gasteiger partial charge in [0.05, 0.1) is 18.5 Å². The maximum absolute atomic E-state index is 13.1. The molecule has 0 bridgehead atoms. The van der Waals surface area contributed by atoms with Crippen LogP contribution < -0.4 is 9.47 Å². The minimum atomic E-state index is -0.192. The van der Waals surface area contributed by atoms with Crippen molar-refractivity contribution in [1.82, 2.24) is 15.1 Å². The molecule has 0 saturated carbocycles. The normalized spacial score (nSPS) is 17.0. The molecule has 0 radical (unpaired) electrons. The summed E-state index contributed by atoms with van der Waals surface area (Å²) in [5.74, 6) is 1.64. The summed E-state index contributed by atoms with van der Waals surface area (Å²) in [7, 11) is 1.63. The molecule has 3 aromatic rings. The monoisotopic (exact) mass is 381 g/mol. The minimum Gasteiger partial charge on any atom is -0.493 e. The molecule has 1 N–H and O–H groups in total. The van der Waals surface area contributed by atoms with Crippen LogP contribution in [0.2, 0.25) is 0 Å². The number of para-hydroxylation sites is 2. The van der Waals surface area contributed by atoms with Crippen LogP contribution in [-0.2, 0) is 13.2 Å². The van der Waals surface area contributed by atoms with E-state index >= 15 is 0 Å². The van der Waals surface area contributed by atoms with Crippen LogP contribution in [-0.4, -0.2) is 35.3 Å². The van der Waals surface area contributed by atoms with E-state index in [4.69, 9.17) is 9.47 Å². The van der Waals surface area contributed by atoms with Gasteiger partial charge in [0.15, 0.2) is 11.5 Å². The third kappa shape index (κ3) is 4.34. The van der Waals surface area contributed by atoms with E-state index in [1.807, 2.05) is 36.4 Å². The van der Waals surface area contributed by atoms with Gasteiger partial charge >= 0.3 is 0 Å². The SMILES string of the molecule is COc1ccccc1OCc1cc([C@@H]2CCN(Cc3ccc(F)cc3)C2)n[nH]1. The van der Waals surface area contributed by atoms with Gasteiger partial charge in [-0.1, -0.05) is 24.3 Å². The minimum absolute atomic E-state index is 0.192. The van der Waals surface area contributed by atoms with Crippen LogP contribution in [0, 0.1) is 5.82 Å². The van der Waals surface area contributed by atoms with E-state index < -0.39 is 0 Å². The number of nitrogens with one attached hydrogen (secondary N) is 1. The fourth-order valence-corrected chi connectivity index (χ4v) is 3.62. The van der Waals surface area contributed by atoms with Gasteiger partial charge in [0, 0.05) is 19.0 Å². The number of H-pyrrole nitrogens is 1. The summed E-state index contributed by atoms with van der Waals surface area (Å²) in [6.07, 6.45) is 1.07. The third-order valence-corrected chi connectivity index (χ3v) is 5.11. The molecule has 2 aromatic carbocycles. The highest BCUT2D eigenvalue weighted by Gasteiger charge is 2.25. The van der Waals surface area contributed by atoms with Crippen molar-refractivity contribution in [2.45, 2.75) is 25.5 Å². The van der Waals surface area contributed by atoms with Crippen molar-refractivity contribution in [1.29, 1.82) is 0 Å². The number of likely N-dealkylation sites (tertiary alicyclic amines) is 1. The van der Waals surface area contributed by atoms with Gasteiger partial charge < -0.3 is 9.47 Å². The molecule has 1 fully saturated rings. The Morgan fingerprint density at radius 3 is 2.71 bits per heavy atom. The fourth-order valence-electron chi connectivity index (χ4n) is 3.62. The Kier molecular flexibility index (Phi) is 5.58. The third-order valence-electron chi connectivity index (χ3n) is 5.11. The van der Waals surface area contributed by atoms with Crippen LogP contribution in [0.25, 0.3) is 0 Å². The molecule has 5 nitrogen and oxygen atoms in total. The Balaban J connectivity index is 1.32. The molecular weight excluding hydrogens is 357 g/mol. The number of aromatic nitrogens is 2. The summed E-state index contributed by atoms with van der Waals surface area (Å²) in [6, 6.07) is 16.4. The number of rotatable bonds is 7. The Labute approximate surface area is 164 Å². The summed E-state index contributed by atoms with van der Waals surface area (Å²) in [5, 5.41) is 7.58. The van der Waals surface area contributed by atoms with Gasteiger partial charge in [0.1, 0.15) is 12.4 Å². The highest BCUT2D eigenvalue weighted by atomic mass is 19.1. The zero-order chi connectivity index (χ0) is 19.3. The molecule has 0 unspecified atom stereocenters. The summed E-state index contributed by atoms with van der Waals surface area (Å²) in [5.41, 5.74) is 3.15. The average Bonchev–Trinajstić information content (AvgIpc) is 3.38. The van der Waals surface area contributed by atoms with E-state index in [0.717, 1.165) is 48.8 Å². The van der Waals surface area contributed by atoms with Crippen molar-refractivity contribution in [2.24, 2.45) is 0 Å². The topological polar surface area (TPSA) is 50.4 Å². The van der Waals surface area contributed by atoms with Gasteiger partial charge in [-0.3, -0.25) is 10.00 Å². The van der Waals surface area contributed by atoms with Crippen molar-refractivity contribution in [3.63, 3.8) is 0 Å². The Bertz CT molecular complexity index is 910. The highest BCUT2D eigenvalue weighted by molar-refractivity contribution is 5.39. The average molecular weight is 381 g/mol. The van der Waals surface area contributed by atoms with Gasteiger partial charge in [0.25, 0.3) is 0 Å². The lowest BCUT2D eigenvalue weighted by Gasteiger charge is -2.15. The summed E-state index contributed by atoms with van der Waals surface area (Å²) in [6.45, 7) is 3.22. The second-order valence-corrected chi connectivity index (χ2v) is 7.10. The summed E-state index contributed by atoms with van der Waals surface area (Å²) < 4.78 is 24.2. The molecule has 1 aliphatic rings. The van der Waals surface area contributed by atoms with Crippen LogP contribution >= 0.6 is 0 Å². The molecule has 1 aliphatic heterocycles. The first kappa shape index (κ1) is 18.5. The molecule has 0 spiro atoms. The van der Waals surface area contributed by atoms with Crippen LogP contribution in [0.3, 0.4) is 0 Å². The summed E-state index contributed by atoms with van der Waals surface area (Å²) in [4.78, 5) is 2.39. The summed E-state index contributed by atoms with van der Waals surface area (Å²) >= 11 is 0. The van der Waals surface area contributed by atoms with Gasteiger partial charge in [-0.2, -0.15) is 5.10 Å². The van der Waals surface area contributed by atoms with E-state index in [2.05, 4.69) is 21.2 Å². The Morgan fingerprint density at radius 1 is 1.14 bits per heavy atom. The van der Waals surface area contributed by atoms with Crippen LogP contribution in [0.4, 0.5) is 4.39 Å². The Hall–Kier alpha value is -2.86. The first-order valence-electron chi connectivity index (χ1n) is 9.48. The van der Waals surface area contributed by atoms with Crippen LogP contribution in [0.5, 0.6) is 11.5 Å². The van der Waals surface area contributed by atoms with Gasteiger partial charge in [0.2, 0.25) is 0 Å². The molecule has 1 atom stereocenters. The van der Waals surface area contributed by atoms with E-state index in [-0.39, 0.29) is 5.82 Å². The lowest BCUT2D eigenvalue weighted by Crippen LogP contribution is -2.19. The second-order valence-electron chi connectivity index (χ2n) is 7.10. The molecule has 146 valence electrons. The number of aromatic amines is 1. The number of benzene rings is 2. The molecule has 6 heteroatoms. The van der Waals surface area contributed by atoms with E-state index in [1.165, 1.54) is 12.1 Å². The number of hydrogen-bond donors (Lipinski definition) is 1. The molecule has 0 amide bonds. The van der Waals surface area contributed by atoms with Crippen LogP contribution in [0.1, 0.15) is 29.3 Å². The second kappa shape index (κ2) is 8.44. The van der Waals surface area contributed by atoms with Gasteiger partial charge in [-0.05, 0) is 48.9 Å². The quantitative estimate of drug-likeness (QED) is 0.669. The first-order valence-corrected chi connectivity index (χ1v) is 9.48. The standard InChI is InChI=1S/C22H24FN3O2/c1-27-21-4-2-3-5-22(21)28-15-19-12-20(25-24-19)17-10-11-26(14-17)13-16-6-8-18(23)9-7-16/h2-9,12,17H,10-11,13-15H2,1H3,(H,24,25)/t17-/m1/s1. The van der Waals surface area contributed by atoms with Crippen LogP contribution in [0.15, 0.2) is 54.6 Å². The largest absolute Gasteiger partial charge is 0.493 e. The molecule has 28 heavy (non-hydrogen) atoms. The van der Waals surface area contributed by atoms with Crippen molar-refractivity contribution in [3.8, 4) is 11.5 Å². The fraction of sp³-hybridized carbons (Fsp3) is 0.318. The first-order chi connectivity index (χ1) is 13.7. The highest BCUT2D eigenvalue weighted by Crippen LogP contribution is 2.29. The van der Waals surface area contributed by atoms with Gasteiger partial charge in [-0.15, -0.1) is 0 Å². The molecular formula is C22H24FN3O2. The lowest BCUT2D eigenvalue weighted by molar-refractivity contribution is 0.280. The van der Waals surface area contributed by atoms with Crippen molar-refractivity contribution >= 4 is 0 Å². The van der Waals surface area contributed by atoms with E-state index in [1.54, 1.807) is 7.11 Å². The predicted octanol–water partition coefficient (Wildman–Crippen LogP) is 4.13. The molecule has 1 aromatic heterocycles. The number of ether oxygens (including phenoxy) is 2. The van der Waals surface area contributed by atoms with E-state index in [9.17, 15) is 4.39 Å². The Morgan fingerprint density at radius 2 is 1.93 bits per heavy atom. The maximum Gasteiger partial charge on any atom is 0.161 e. The zero-order valence-electron chi connectivity index (χ0n) is 15.9.